The highest BCUT2D eigenvalue weighted by atomic mass is 19.1. The van der Waals surface area contributed by atoms with E-state index in [0.29, 0.717) is 24.8 Å². The maximum absolute atomic E-state index is 17.5. The molecule has 0 spiro atoms. The number of halogens is 1. The zero-order chi connectivity index (χ0) is 27.0. The van der Waals surface area contributed by atoms with Gasteiger partial charge in [0.15, 0.2) is 17.2 Å². The Morgan fingerprint density at radius 3 is 2.46 bits per heavy atom. The second kappa shape index (κ2) is 8.33. The maximum Gasteiger partial charge on any atom is 0.412 e. The number of para-hydroxylation sites is 1. The minimum Gasteiger partial charge on any atom is -0.465 e. The van der Waals surface area contributed by atoms with E-state index in [1.807, 2.05) is 0 Å². The second-order valence-corrected chi connectivity index (χ2v) is 11.7. The normalized spacial score (nSPS) is 42.3. The number of amides is 1. The van der Waals surface area contributed by atoms with Crippen molar-refractivity contribution in [3.8, 4) is 0 Å². The van der Waals surface area contributed by atoms with Crippen LogP contribution < -0.4 is 4.90 Å². The number of fused-ring (bicyclic) bond motifs is 5. The van der Waals surface area contributed by atoms with Crippen LogP contribution in [0.5, 0.6) is 0 Å². The molecule has 0 bridgehead atoms. The summed E-state index contributed by atoms with van der Waals surface area (Å²) in [6.45, 7) is 4.42. The van der Waals surface area contributed by atoms with E-state index >= 15 is 4.39 Å². The topological polar surface area (TPSA) is 115 Å². The van der Waals surface area contributed by atoms with Crippen LogP contribution in [0.15, 0.2) is 54.1 Å². The van der Waals surface area contributed by atoms with Gasteiger partial charge in [0, 0.05) is 22.4 Å². The van der Waals surface area contributed by atoms with Crippen molar-refractivity contribution in [3.05, 3.63) is 54.1 Å². The Bertz CT molecular complexity index is 1210. The van der Waals surface area contributed by atoms with E-state index in [4.69, 9.17) is 0 Å². The molecule has 0 aliphatic heterocycles. The van der Waals surface area contributed by atoms with Gasteiger partial charge in [0.1, 0.15) is 12.1 Å². The summed E-state index contributed by atoms with van der Waals surface area (Å²) in [6, 6.07) is 8.30. The lowest BCUT2D eigenvalue weighted by Gasteiger charge is -2.64. The molecule has 3 fully saturated rings. The van der Waals surface area contributed by atoms with Crippen molar-refractivity contribution >= 4 is 23.3 Å². The van der Waals surface area contributed by atoms with Gasteiger partial charge in [-0.3, -0.25) is 14.5 Å². The number of hydrogen-bond donors (Lipinski definition) is 3. The predicted octanol–water partition coefficient (Wildman–Crippen LogP) is 4.09. The standard InChI is InChI=1S/C29H34FNO6/c1-17-13-22-21-10-9-18-14-20(33)11-12-26(18,2)28(21,30)23(34)15-27(22,3)29(17,24(35)16-32)31(25(36)37)19-7-5-4-6-8-19/h4-8,11-12,14,17,21-23,32,34H,9-10,13,15-16H2,1-3H3,(H,36,37)/t17-,21?,22?,23-,26-,27-,28?,29+/m0/s1. The summed E-state index contributed by atoms with van der Waals surface area (Å²) in [5.41, 5.74) is -5.22. The number of hydrogen-bond acceptors (Lipinski definition) is 5. The molecule has 198 valence electrons. The number of allylic oxidation sites excluding steroid dienone is 4. The largest absolute Gasteiger partial charge is 0.465 e. The van der Waals surface area contributed by atoms with Crippen molar-refractivity contribution < 1.29 is 34.1 Å². The van der Waals surface area contributed by atoms with Gasteiger partial charge in [0.2, 0.25) is 0 Å². The van der Waals surface area contributed by atoms with Crippen LogP contribution in [0, 0.1) is 28.6 Å². The zero-order valence-corrected chi connectivity index (χ0v) is 21.4. The number of nitrogens with zero attached hydrogens (tertiary/aromatic N) is 1. The van der Waals surface area contributed by atoms with E-state index in [2.05, 4.69) is 0 Å². The number of aliphatic hydroxyl groups excluding tert-OH is 2. The van der Waals surface area contributed by atoms with Crippen LogP contribution >= 0.6 is 0 Å². The number of carbonyl (C=O) groups excluding carboxylic acids is 2. The average molecular weight is 512 g/mol. The van der Waals surface area contributed by atoms with Gasteiger partial charge in [-0.25, -0.2) is 9.18 Å². The van der Waals surface area contributed by atoms with E-state index in [9.17, 15) is 29.7 Å². The first-order valence-corrected chi connectivity index (χ1v) is 12.9. The van der Waals surface area contributed by atoms with Crippen molar-refractivity contribution in [3.63, 3.8) is 0 Å². The fourth-order valence-electron chi connectivity index (χ4n) is 8.90. The summed E-state index contributed by atoms with van der Waals surface area (Å²) in [7, 11) is 0. The average Bonchev–Trinajstić information content (AvgIpc) is 3.08. The molecule has 5 rings (SSSR count). The number of ketones is 2. The van der Waals surface area contributed by atoms with Crippen LogP contribution in [0.4, 0.5) is 14.9 Å². The monoisotopic (exact) mass is 511 g/mol. The number of carbonyl (C=O) groups is 3. The highest BCUT2D eigenvalue weighted by molar-refractivity contribution is 6.03. The molecule has 7 nitrogen and oxygen atoms in total. The fourth-order valence-corrected chi connectivity index (χ4v) is 8.90. The summed E-state index contributed by atoms with van der Waals surface area (Å²) >= 11 is 0. The van der Waals surface area contributed by atoms with Crippen LogP contribution in [0.1, 0.15) is 46.5 Å². The first kappa shape index (κ1) is 25.8. The van der Waals surface area contributed by atoms with Crippen LogP contribution in [0.2, 0.25) is 0 Å². The van der Waals surface area contributed by atoms with E-state index in [-0.39, 0.29) is 17.9 Å². The quantitative estimate of drug-likeness (QED) is 0.561. The summed E-state index contributed by atoms with van der Waals surface area (Å²) in [4.78, 5) is 39.8. The predicted molar refractivity (Wildman–Crippen MR) is 135 cm³/mol. The van der Waals surface area contributed by atoms with Gasteiger partial charge in [-0.2, -0.15) is 0 Å². The van der Waals surface area contributed by atoms with Gasteiger partial charge < -0.3 is 15.3 Å². The Hall–Kier alpha value is -2.84. The molecule has 3 N–H and O–H groups in total. The molecular formula is C29H34FNO6. The van der Waals surface area contributed by atoms with Gasteiger partial charge in [0.05, 0.1) is 6.10 Å². The van der Waals surface area contributed by atoms with E-state index < -0.39 is 64.4 Å². The van der Waals surface area contributed by atoms with E-state index in [1.165, 1.54) is 12.2 Å². The third kappa shape index (κ3) is 3.03. The van der Waals surface area contributed by atoms with Crippen LogP contribution in [-0.4, -0.2) is 56.9 Å². The molecular weight excluding hydrogens is 477 g/mol. The maximum atomic E-state index is 17.5. The summed E-state index contributed by atoms with van der Waals surface area (Å²) < 4.78 is 17.5. The highest BCUT2D eigenvalue weighted by Gasteiger charge is 2.77. The molecule has 4 aliphatic rings. The lowest BCUT2D eigenvalue weighted by molar-refractivity contribution is -0.198. The van der Waals surface area contributed by atoms with Crippen molar-refractivity contribution in [1.29, 1.82) is 0 Å². The summed E-state index contributed by atoms with van der Waals surface area (Å²) in [6.07, 6.45) is 2.56. The van der Waals surface area contributed by atoms with Crippen LogP contribution in [0.3, 0.4) is 0 Å². The third-order valence-electron chi connectivity index (χ3n) is 10.3. The van der Waals surface area contributed by atoms with Gasteiger partial charge in [0.25, 0.3) is 0 Å². The Balaban J connectivity index is 1.71. The SMILES string of the molecule is C[C@H]1CC2C3CCC4=CC(=O)C=C[C@]4(C)C3(F)[C@@H](O)C[C@]2(C)[C@@]1(C(=O)CO)N(C(=O)O)c1ccccc1. The van der Waals surface area contributed by atoms with Crippen molar-refractivity contribution in [2.24, 2.45) is 28.6 Å². The third-order valence-corrected chi connectivity index (χ3v) is 10.3. The molecule has 0 radical (unpaired) electrons. The molecule has 0 saturated heterocycles. The molecule has 0 heterocycles. The minimum absolute atomic E-state index is 0.165. The second-order valence-electron chi connectivity index (χ2n) is 11.7. The molecule has 1 aromatic rings. The number of alkyl halides is 1. The van der Waals surface area contributed by atoms with Gasteiger partial charge in [-0.05, 0) is 68.7 Å². The Morgan fingerprint density at radius 2 is 1.84 bits per heavy atom. The number of Topliss-reactive ketones (excluding diaryl/α,β-unsaturated/α-hetero) is 1. The first-order valence-electron chi connectivity index (χ1n) is 12.9. The number of aliphatic hydroxyl groups is 2. The molecule has 0 aromatic heterocycles. The molecule has 3 unspecified atom stereocenters. The van der Waals surface area contributed by atoms with Crippen LogP contribution in [-0.2, 0) is 9.59 Å². The molecule has 1 amide bonds. The van der Waals surface area contributed by atoms with Crippen molar-refractivity contribution in [1.82, 2.24) is 0 Å². The Morgan fingerprint density at radius 1 is 1.16 bits per heavy atom. The summed E-state index contributed by atoms with van der Waals surface area (Å²) in [5, 5.41) is 32.3. The van der Waals surface area contributed by atoms with Gasteiger partial charge in [-0.1, -0.05) is 43.7 Å². The zero-order valence-electron chi connectivity index (χ0n) is 21.4. The van der Waals surface area contributed by atoms with Gasteiger partial charge in [-0.15, -0.1) is 0 Å². The number of benzene rings is 1. The molecule has 1 aromatic carbocycles. The Labute approximate surface area is 215 Å². The lowest BCUT2D eigenvalue weighted by Crippen LogP contribution is -2.73. The molecule has 8 atom stereocenters. The number of carboxylic acid groups (broad SMARTS) is 1. The summed E-state index contributed by atoms with van der Waals surface area (Å²) in [5.74, 6) is -2.53. The first-order chi connectivity index (χ1) is 17.4. The number of anilines is 1. The van der Waals surface area contributed by atoms with E-state index in [0.717, 1.165) is 4.90 Å². The van der Waals surface area contributed by atoms with Crippen LogP contribution in [0.25, 0.3) is 0 Å². The van der Waals surface area contributed by atoms with Gasteiger partial charge >= 0.3 is 6.09 Å². The molecule has 4 aliphatic carbocycles. The molecule has 8 heteroatoms. The number of rotatable bonds is 4. The highest BCUT2D eigenvalue weighted by Crippen LogP contribution is 2.72. The van der Waals surface area contributed by atoms with Crippen molar-refractivity contribution in [2.75, 3.05) is 11.5 Å². The smallest absolute Gasteiger partial charge is 0.412 e. The minimum atomic E-state index is -2.10. The van der Waals surface area contributed by atoms with Crippen molar-refractivity contribution in [2.45, 2.75) is 63.8 Å². The Kier molecular flexibility index (Phi) is 5.81. The van der Waals surface area contributed by atoms with E-state index in [1.54, 1.807) is 57.2 Å². The molecule has 3 saturated carbocycles. The lowest BCUT2D eigenvalue weighted by atomic mass is 9.44. The fraction of sp³-hybridized carbons (Fsp3) is 0.552. The molecule has 37 heavy (non-hydrogen) atoms.